The summed E-state index contributed by atoms with van der Waals surface area (Å²) < 4.78 is 15.9. The smallest absolute Gasteiger partial charge is 0.201 e. The summed E-state index contributed by atoms with van der Waals surface area (Å²) in [5.41, 5.74) is 7.40. The van der Waals surface area contributed by atoms with E-state index in [1.165, 1.54) is 6.07 Å². The second kappa shape index (κ2) is 5.48. The van der Waals surface area contributed by atoms with E-state index < -0.39 is 0 Å². The molecule has 2 N–H and O–H groups in total. The lowest BCUT2D eigenvalue weighted by Gasteiger charge is -2.15. The lowest BCUT2D eigenvalue weighted by Crippen LogP contribution is -2.09. The second-order valence-electron chi connectivity index (χ2n) is 4.23. The van der Waals surface area contributed by atoms with Crippen LogP contribution >= 0.6 is 27.7 Å². The van der Waals surface area contributed by atoms with E-state index in [1.807, 2.05) is 4.57 Å². The normalized spacial score (nSPS) is 13.1. The maximum Gasteiger partial charge on any atom is 0.201 e. The molecule has 0 amide bonds. The maximum absolute atomic E-state index is 13.5. The average molecular weight is 332 g/mol. The third-order valence-electron chi connectivity index (χ3n) is 2.94. The highest BCUT2D eigenvalue weighted by Crippen LogP contribution is 2.29. The van der Waals surface area contributed by atoms with Gasteiger partial charge >= 0.3 is 0 Å². The number of aromatic nitrogens is 2. The van der Waals surface area contributed by atoms with Crippen LogP contribution in [0.2, 0.25) is 0 Å². The molecule has 2 aromatic rings. The topological polar surface area (TPSA) is 43.8 Å². The van der Waals surface area contributed by atoms with Crippen LogP contribution in [0, 0.1) is 5.82 Å². The molecular formula is C12H15BrFN3S. The van der Waals surface area contributed by atoms with Crippen LogP contribution in [0.4, 0.5) is 10.3 Å². The first-order chi connectivity index (χ1) is 8.54. The zero-order valence-corrected chi connectivity index (χ0v) is 12.7. The molecule has 1 unspecified atom stereocenters. The Morgan fingerprint density at radius 3 is 2.94 bits per heavy atom. The van der Waals surface area contributed by atoms with Gasteiger partial charge in [0.05, 0.1) is 15.5 Å². The lowest BCUT2D eigenvalue weighted by molar-refractivity contribution is 0.555. The van der Waals surface area contributed by atoms with Crippen molar-refractivity contribution >= 4 is 44.7 Å². The minimum absolute atomic E-state index is 0.250. The fourth-order valence-corrected chi connectivity index (χ4v) is 2.90. The minimum atomic E-state index is -0.316. The second-order valence-corrected chi connectivity index (χ2v) is 6.07. The van der Waals surface area contributed by atoms with Crippen molar-refractivity contribution in [2.75, 3.05) is 17.7 Å². The first-order valence-electron chi connectivity index (χ1n) is 5.66. The zero-order chi connectivity index (χ0) is 13.3. The zero-order valence-electron chi connectivity index (χ0n) is 10.3. The van der Waals surface area contributed by atoms with Gasteiger partial charge in [-0.2, -0.15) is 11.8 Å². The molecule has 2 rings (SSSR count). The predicted molar refractivity (Wildman–Crippen MR) is 79.5 cm³/mol. The van der Waals surface area contributed by atoms with Gasteiger partial charge in [0.1, 0.15) is 5.82 Å². The number of benzene rings is 1. The Bertz CT molecular complexity index is 570. The molecule has 0 fully saturated rings. The molecule has 0 bridgehead atoms. The molecule has 0 aliphatic heterocycles. The minimum Gasteiger partial charge on any atom is -0.369 e. The summed E-state index contributed by atoms with van der Waals surface area (Å²) in [6.07, 6.45) is 3.08. The van der Waals surface area contributed by atoms with Crippen LogP contribution in [0.5, 0.6) is 0 Å². The molecule has 6 heteroatoms. The third-order valence-corrected chi connectivity index (χ3v) is 4.19. The van der Waals surface area contributed by atoms with Gasteiger partial charge in [-0.15, -0.1) is 0 Å². The van der Waals surface area contributed by atoms with E-state index >= 15 is 0 Å². The van der Waals surface area contributed by atoms with E-state index in [0.717, 1.165) is 17.7 Å². The van der Waals surface area contributed by atoms with Gasteiger partial charge in [-0.3, -0.25) is 0 Å². The first kappa shape index (κ1) is 13.7. The number of anilines is 1. The molecule has 0 spiro atoms. The number of nitrogen functional groups attached to an aromatic ring is 1. The molecule has 0 aliphatic carbocycles. The van der Waals surface area contributed by atoms with E-state index in [1.54, 1.807) is 17.8 Å². The third kappa shape index (κ3) is 2.49. The van der Waals surface area contributed by atoms with Crippen LogP contribution < -0.4 is 5.73 Å². The summed E-state index contributed by atoms with van der Waals surface area (Å²) in [4.78, 5) is 4.22. The van der Waals surface area contributed by atoms with Gasteiger partial charge in [0.15, 0.2) is 0 Å². The van der Waals surface area contributed by atoms with Gasteiger partial charge in [0.25, 0.3) is 0 Å². The number of imidazole rings is 1. The number of nitrogens with two attached hydrogens (primary N) is 1. The summed E-state index contributed by atoms with van der Waals surface area (Å²) in [5, 5.41) is 0. The summed E-state index contributed by atoms with van der Waals surface area (Å²) in [6, 6.07) is 3.40. The largest absolute Gasteiger partial charge is 0.369 e. The van der Waals surface area contributed by atoms with Crippen molar-refractivity contribution in [2.45, 2.75) is 19.4 Å². The van der Waals surface area contributed by atoms with Crippen LogP contribution in [0.25, 0.3) is 11.0 Å². The van der Waals surface area contributed by atoms with Crippen molar-refractivity contribution in [3.8, 4) is 0 Å². The Balaban J connectivity index is 2.49. The molecule has 18 heavy (non-hydrogen) atoms. The fraction of sp³-hybridized carbons (Fsp3) is 0.417. The van der Waals surface area contributed by atoms with Gasteiger partial charge < -0.3 is 10.3 Å². The standard InChI is InChI=1S/C12H15BrFN3S/c1-7(3-4-18-2)17-11-5-8(13)9(14)6-10(11)16-12(17)15/h5-7H,3-4H2,1-2H3,(H2,15,16). The SMILES string of the molecule is CSCCC(C)n1c(N)nc2cc(F)c(Br)cc21. The van der Waals surface area contributed by atoms with Gasteiger partial charge in [-0.25, -0.2) is 9.37 Å². The van der Waals surface area contributed by atoms with Gasteiger partial charge in [0.2, 0.25) is 5.95 Å². The van der Waals surface area contributed by atoms with Gasteiger partial charge in [0, 0.05) is 12.1 Å². The number of hydrogen-bond acceptors (Lipinski definition) is 3. The van der Waals surface area contributed by atoms with E-state index in [0.29, 0.717) is 15.9 Å². The highest BCUT2D eigenvalue weighted by molar-refractivity contribution is 9.10. The van der Waals surface area contributed by atoms with Crippen molar-refractivity contribution in [1.82, 2.24) is 9.55 Å². The van der Waals surface area contributed by atoms with Gasteiger partial charge in [-0.1, -0.05) is 0 Å². The Morgan fingerprint density at radius 1 is 1.56 bits per heavy atom. The molecule has 1 aromatic heterocycles. The quantitative estimate of drug-likeness (QED) is 0.925. The Hall–Kier alpha value is -0.750. The molecule has 1 aromatic carbocycles. The fourth-order valence-electron chi connectivity index (χ4n) is 1.99. The number of fused-ring (bicyclic) bond motifs is 1. The average Bonchev–Trinajstić information content (AvgIpc) is 2.62. The summed E-state index contributed by atoms with van der Waals surface area (Å²) >= 11 is 5.00. The van der Waals surface area contributed by atoms with Crippen LogP contribution in [0.15, 0.2) is 16.6 Å². The number of nitrogens with zero attached hydrogens (tertiary/aromatic N) is 2. The van der Waals surface area contributed by atoms with E-state index in [4.69, 9.17) is 5.73 Å². The van der Waals surface area contributed by atoms with Gasteiger partial charge in [-0.05, 0) is 47.3 Å². The van der Waals surface area contributed by atoms with E-state index in [-0.39, 0.29) is 11.9 Å². The molecule has 98 valence electrons. The van der Waals surface area contributed by atoms with E-state index in [9.17, 15) is 4.39 Å². The van der Waals surface area contributed by atoms with Crippen LogP contribution in [0.1, 0.15) is 19.4 Å². The number of rotatable bonds is 4. The van der Waals surface area contributed by atoms with Crippen molar-refractivity contribution in [2.24, 2.45) is 0 Å². The lowest BCUT2D eigenvalue weighted by atomic mass is 10.2. The van der Waals surface area contributed by atoms with E-state index in [2.05, 4.69) is 34.1 Å². The Kier molecular flexibility index (Phi) is 4.17. The van der Waals surface area contributed by atoms with Crippen LogP contribution in [-0.2, 0) is 0 Å². The Labute approximate surface area is 118 Å². The van der Waals surface area contributed by atoms with Crippen molar-refractivity contribution in [3.05, 3.63) is 22.4 Å². The predicted octanol–water partition coefficient (Wildman–Crippen LogP) is 3.83. The number of halogens is 2. The molecule has 3 nitrogen and oxygen atoms in total. The number of thioether (sulfide) groups is 1. The summed E-state index contributed by atoms with van der Waals surface area (Å²) in [7, 11) is 0. The highest BCUT2D eigenvalue weighted by atomic mass is 79.9. The first-order valence-corrected chi connectivity index (χ1v) is 7.84. The summed E-state index contributed by atoms with van der Waals surface area (Å²) in [6.45, 7) is 2.10. The highest BCUT2D eigenvalue weighted by Gasteiger charge is 2.15. The molecule has 0 saturated carbocycles. The summed E-state index contributed by atoms with van der Waals surface area (Å²) in [5.74, 6) is 1.18. The number of hydrogen-bond donors (Lipinski definition) is 1. The molecular weight excluding hydrogens is 317 g/mol. The maximum atomic E-state index is 13.5. The molecule has 1 atom stereocenters. The van der Waals surface area contributed by atoms with Crippen molar-refractivity contribution < 1.29 is 4.39 Å². The molecule has 0 radical (unpaired) electrons. The van der Waals surface area contributed by atoms with Crippen molar-refractivity contribution in [1.29, 1.82) is 0 Å². The monoisotopic (exact) mass is 331 g/mol. The van der Waals surface area contributed by atoms with Crippen LogP contribution in [-0.4, -0.2) is 21.6 Å². The van der Waals surface area contributed by atoms with Crippen LogP contribution in [0.3, 0.4) is 0 Å². The molecule has 1 heterocycles. The Morgan fingerprint density at radius 2 is 2.28 bits per heavy atom. The molecule has 0 saturated heterocycles. The van der Waals surface area contributed by atoms with Crippen molar-refractivity contribution in [3.63, 3.8) is 0 Å². The molecule has 0 aliphatic rings.